The smallest absolute Gasteiger partial charge is 0.0928 e. The summed E-state index contributed by atoms with van der Waals surface area (Å²) < 4.78 is 2.67. The average molecular weight is 265 g/mol. The van der Waals surface area contributed by atoms with Crippen molar-refractivity contribution in [2.45, 2.75) is 5.38 Å². The third-order valence-corrected chi connectivity index (χ3v) is 5.28. The Kier molecular flexibility index (Phi) is 2.72. The SMILES string of the molecule is ClC(c1ccccc1)c1cc2sccc2s1. The predicted octanol–water partition coefficient (Wildman–Crippen LogP) is 5.29. The maximum atomic E-state index is 6.48. The molecule has 1 aromatic carbocycles. The minimum atomic E-state index is -0.0224. The van der Waals surface area contributed by atoms with E-state index in [-0.39, 0.29) is 5.38 Å². The van der Waals surface area contributed by atoms with Crippen molar-refractivity contribution < 1.29 is 0 Å². The summed E-state index contributed by atoms with van der Waals surface area (Å²) in [7, 11) is 0. The normalized spacial score (nSPS) is 13.1. The van der Waals surface area contributed by atoms with Crippen LogP contribution in [0.25, 0.3) is 9.40 Å². The third kappa shape index (κ3) is 1.77. The molecule has 0 amide bonds. The summed E-state index contributed by atoms with van der Waals surface area (Å²) in [5.74, 6) is 0. The molecule has 3 rings (SSSR count). The first-order chi connectivity index (χ1) is 7.84. The van der Waals surface area contributed by atoms with Crippen LogP contribution in [0.1, 0.15) is 15.8 Å². The lowest BCUT2D eigenvalue weighted by atomic mass is 10.1. The Labute approximate surface area is 107 Å². The Bertz CT molecular complexity index is 566. The van der Waals surface area contributed by atoms with Gasteiger partial charge in [0.15, 0.2) is 0 Å². The number of thiophene rings is 2. The number of hydrogen-bond acceptors (Lipinski definition) is 2. The van der Waals surface area contributed by atoms with Crippen LogP contribution < -0.4 is 0 Å². The van der Waals surface area contributed by atoms with Gasteiger partial charge in [-0.2, -0.15) is 0 Å². The van der Waals surface area contributed by atoms with Crippen molar-refractivity contribution in [3.8, 4) is 0 Å². The van der Waals surface area contributed by atoms with Gasteiger partial charge >= 0.3 is 0 Å². The summed E-state index contributed by atoms with van der Waals surface area (Å²) in [4.78, 5) is 1.23. The lowest BCUT2D eigenvalue weighted by molar-refractivity contribution is 1.19. The highest BCUT2D eigenvalue weighted by Crippen LogP contribution is 2.38. The van der Waals surface area contributed by atoms with Gasteiger partial charge in [0.1, 0.15) is 0 Å². The van der Waals surface area contributed by atoms with Crippen molar-refractivity contribution in [2.75, 3.05) is 0 Å². The quantitative estimate of drug-likeness (QED) is 0.552. The van der Waals surface area contributed by atoms with Gasteiger partial charge in [-0.15, -0.1) is 34.3 Å². The van der Waals surface area contributed by atoms with E-state index in [2.05, 4.69) is 29.6 Å². The summed E-state index contributed by atoms with van der Waals surface area (Å²) in [6.45, 7) is 0. The van der Waals surface area contributed by atoms with E-state index in [1.807, 2.05) is 18.2 Å². The van der Waals surface area contributed by atoms with Crippen molar-refractivity contribution in [3.05, 3.63) is 58.3 Å². The molecule has 80 valence electrons. The standard InChI is InChI=1S/C13H9ClS2/c14-13(9-4-2-1-3-5-9)12-8-11-10(16-12)6-7-15-11/h1-8,13H. The van der Waals surface area contributed by atoms with Crippen molar-refractivity contribution in [2.24, 2.45) is 0 Å². The van der Waals surface area contributed by atoms with Crippen LogP contribution in [0.2, 0.25) is 0 Å². The lowest BCUT2D eigenvalue weighted by Crippen LogP contribution is -1.88. The number of hydrogen-bond donors (Lipinski definition) is 0. The Morgan fingerprint density at radius 2 is 1.81 bits per heavy atom. The molecular weight excluding hydrogens is 256 g/mol. The second-order valence-corrected chi connectivity index (χ2v) is 6.07. The molecule has 1 atom stereocenters. The zero-order valence-corrected chi connectivity index (χ0v) is 10.8. The molecule has 0 radical (unpaired) electrons. The van der Waals surface area contributed by atoms with Crippen LogP contribution in [0.4, 0.5) is 0 Å². The molecule has 3 aromatic rings. The molecule has 0 aliphatic rings. The predicted molar refractivity (Wildman–Crippen MR) is 73.8 cm³/mol. The second kappa shape index (κ2) is 4.21. The Hall–Kier alpha value is -0.830. The van der Waals surface area contributed by atoms with E-state index >= 15 is 0 Å². The van der Waals surface area contributed by atoms with Crippen LogP contribution >= 0.6 is 34.3 Å². The van der Waals surface area contributed by atoms with Crippen LogP contribution in [0.3, 0.4) is 0 Å². The fraction of sp³-hybridized carbons (Fsp3) is 0.0769. The van der Waals surface area contributed by atoms with Crippen LogP contribution in [-0.4, -0.2) is 0 Å². The summed E-state index contributed by atoms with van der Waals surface area (Å²) in [5.41, 5.74) is 1.16. The molecule has 0 N–H and O–H groups in total. The van der Waals surface area contributed by atoms with Crippen molar-refractivity contribution in [1.82, 2.24) is 0 Å². The van der Waals surface area contributed by atoms with Crippen LogP contribution in [0, 0.1) is 0 Å². The highest BCUT2D eigenvalue weighted by molar-refractivity contribution is 7.27. The lowest BCUT2D eigenvalue weighted by Gasteiger charge is -2.06. The van der Waals surface area contributed by atoms with Gasteiger partial charge in [0, 0.05) is 14.3 Å². The summed E-state index contributed by atoms with van der Waals surface area (Å²) >= 11 is 10.0. The maximum Gasteiger partial charge on any atom is 0.0928 e. The second-order valence-electron chi connectivity index (χ2n) is 3.57. The monoisotopic (exact) mass is 264 g/mol. The topological polar surface area (TPSA) is 0 Å². The summed E-state index contributed by atoms with van der Waals surface area (Å²) in [5, 5.41) is 2.10. The average Bonchev–Trinajstić information content (AvgIpc) is 2.89. The molecule has 16 heavy (non-hydrogen) atoms. The maximum absolute atomic E-state index is 6.48. The molecular formula is C13H9ClS2. The van der Waals surface area contributed by atoms with E-state index in [0.717, 1.165) is 5.56 Å². The molecule has 0 spiro atoms. The molecule has 0 aliphatic heterocycles. The molecule has 1 unspecified atom stereocenters. The number of rotatable bonds is 2. The minimum Gasteiger partial charge on any atom is -0.143 e. The molecule has 2 aromatic heterocycles. The number of halogens is 1. The Balaban J connectivity index is 2.01. The van der Waals surface area contributed by atoms with Crippen LogP contribution in [0.5, 0.6) is 0 Å². The molecule has 0 fully saturated rings. The van der Waals surface area contributed by atoms with Gasteiger partial charge in [0.25, 0.3) is 0 Å². The molecule has 2 heterocycles. The van der Waals surface area contributed by atoms with Gasteiger partial charge in [-0.25, -0.2) is 0 Å². The van der Waals surface area contributed by atoms with E-state index in [1.54, 1.807) is 22.7 Å². The molecule has 0 nitrogen and oxygen atoms in total. The first kappa shape index (κ1) is 10.3. The van der Waals surface area contributed by atoms with E-state index in [0.29, 0.717) is 0 Å². The van der Waals surface area contributed by atoms with Crippen molar-refractivity contribution in [3.63, 3.8) is 0 Å². The zero-order valence-electron chi connectivity index (χ0n) is 8.39. The minimum absolute atomic E-state index is 0.0224. The van der Waals surface area contributed by atoms with E-state index in [4.69, 9.17) is 11.6 Å². The summed E-state index contributed by atoms with van der Waals surface area (Å²) in [6, 6.07) is 14.6. The Morgan fingerprint density at radius 3 is 2.56 bits per heavy atom. The van der Waals surface area contributed by atoms with Crippen molar-refractivity contribution in [1.29, 1.82) is 0 Å². The van der Waals surface area contributed by atoms with Gasteiger partial charge < -0.3 is 0 Å². The largest absolute Gasteiger partial charge is 0.143 e. The van der Waals surface area contributed by atoms with Gasteiger partial charge in [-0.3, -0.25) is 0 Å². The molecule has 0 saturated carbocycles. The fourth-order valence-corrected chi connectivity index (χ4v) is 4.16. The van der Waals surface area contributed by atoms with E-state index in [1.165, 1.54) is 14.3 Å². The number of fused-ring (bicyclic) bond motifs is 1. The van der Waals surface area contributed by atoms with Gasteiger partial charge in [0.05, 0.1) is 5.38 Å². The Morgan fingerprint density at radius 1 is 1.00 bits per heavy atom. The highest BCUT2D eigenvalue weighted by Gasteiger charge is 2.13. The molecule has 0 saturated heterocycles. The molecule has 0 aliphatic carbocycles. The van der Waals surface area contributed by atoms with E-state index < -0.39 is 0 Å². The first-order valence-corrected chi connectivity index (χ1v) is 7.14. The zero-order chi connectivity index (χ0) is 11.0. The first-order valence-electron chi connectivity index (χ1n) is 5.00. The van der Waals surface area contributed by atoms with Gasteiger partial charge in [-0.1, -0.05) is 30.3 Å². The third-order valence-electron chi connectivity index (χ3n) is 2.50. The number of alkyl halides is 1. The van der Waals surface area contributed by atoms with Crippen LogP contribution in [0.15, 0.2) is 47.8 Å². The van der Waals surface area contributed by atoms with Gasteiger partial charge in [-0.05, 0) is 23.1 Å². The van der Waals surface area contributed by atoms with Crippen LogP contribution in [-0.2, 0) is 0 Å². The van der Waals surface area contributed by atoms with Gasteiger partial charge in [0.2, 0.25) is 0 Å². The number of benzene rings is 1. The fourth-order valence-electron chi connectivity index (χ4n) is 1.70. The molecule has 0 bridgehead atoms. The van der Waals surface area contributed by atoms with E-state index in [9.17, 15) is 0 Å². The highest BCUT2D eigenvalue weighted by atomic mass is 35.5. The van der Waals surface area contributed by atoms with Crippen molar-refractivity contribution >= 4 is 43.7 Å². The summed E-state index contributed by atoms with van der Waals surface area (Å²) in [6.07, 6.45) is 0. The molecule has 3 heteroatoms.